The number of carbonyl (C=O) groups excluding carboxylic acids is 1. The monoisotopic (exact) mass is 503 g/mol. The number of likely N-dealkylation sites (tertiary alicyclic amines) is 1. The van der Waals surface area contributed by atoms with Gasteiger partial charge in [0.15, 0.2) is 0 Å². The van der Waals surface area contributed by atoms with Crippen LogP contribution in [0.3, 0.4) is 0 Å². The van der Waals surface area contributed by atoms with Gasteiger partial charge in [-0.1, -0.05) is 6.07 Å². The van der Waals surface area contributed by atoms with E-state index in [-0.39, 0.29) is 12.1 Å². The third kappa shape index (κ3) is 3.76. The van der Waals surface area contributed by atoms with Gasteiger partial charge in [0.1, 0.15) is 11.4 Å². The molecule has 1 fully saturated rings. The van der Waals surface area contributed by atoms with E-state index in [1.807, 2.05) is 20.8 Å². The van der Waals surface area contributed by atoms with Crippen molar-refractivity contribution in [1.82, 2.24) is 14.9 Å². The molecule has 4 aromatic rings. The molecule has 0 bridgehead atoms. The molecule has 30 heavy (non-hydrogen) atoms. The van der Waals surface area contributed by atoms with Crippen LogP contribution in [-0.2, 0) is 4.74 Å². The second kappa shape index (κ2) is 7.35. The first-order valence-electron chi connectivity index (χ1n) is 9.95. The number of nitrogens with one attached hydrogen (secondary N) is 1. The summed E-state index contributed by atoms with van der Waals surface area (Å²) in [5.74, 6) is 0.835. The van der Waals surface area contributed by atoms with Gasteiger partial charge in [-0.05, 0) is 79.4 Å². The number of H-pyrrole nitrogens is 1. The molecule has 1 atom stereocenters. The van der Waals surface area contributed by atoms with Gasteiger partial charge >= 0.3 is 6.09 Å². The molecule has 5 rings (SSSR count). The van der Waals surface area contributed by atoms with Crippen LogP contribution < -0.4 is 0 Å². The highest BCUT2D eigenvalue weighted by molar-refractivity contribution is 9.11. The van der Waals surface area contributed by atoms with Gasteiger partial charge in [0.25, 0.3) is 0 Å². The minimum Gasteiger partial charge on any atom is -0.444 e. The van der Waals surface area contributed by atoms with Gasteiger partial charge in [-0.25, -0.2) is 9.78 Å². The summed E-state index contributed by atoms with van der Waals surface area (Å²) in [4.78, 5) is 24.0. The van der Waals surface area contributed by atoms with E-state index >= 15 is 0 Å². The Hall–Kier alpha value is -1.90. The van der Waals surface area contributed by atoms with E-state index in [1.54, 1.807) is 27.6 Å². The number of fused-ring (bicyclic) bond motifs is 2. The van der Waals surface area contributed by atoms with Crippen molar-refractivity contribution in [3.8, 4) is 10.4 Å². The van der Waals surface area contributed by atoms with E-state index in [9.17, 15) is 4.79 Å². The number of benzene rings is 1. The molecule has 1 aliphatic rings. The van der Waals surface area contributed by atoms with Crippen LogP contribution in [0, 0.1) is 0 Å². The smallest absolute Gasteiger partial charge is 0.410 e. The number of hydrogen-bond acceptors (Lipinski definition) is 5. The Morgan fingerprint density at radius 1 is 1.23 bits per heavy atom. The van der Waals surface area contributed by atoms with Gasteiger partial charge in [0.05, 0.1) is 20.9 Å². The maximum atomic E-state index is 12.6. The minimum atomic E-state index is -0.503. The number of halogens is 1. The number of amides is 1. The number of hydrogen-bond donors (Lipinski definition) is 1. The standard InChI is InChI=1S/C22H22BrN3O2S2/c1-22(2,3)28-21(27)26-8-4-5-15(26)20-24-13-7-6-12(9-14(13)25-20)16-10-17-18(29-16)11-19(23)30-17/h6-7,9-11,15H,4-5,8H2,1-3H3,(H,24,25). The molecule has 1 aromatic carbocycles. The van der Waals surface area contributed by atoms with E-state index in [1.165, 1.54) is 19.8 Å². The largest absolute Gasteiger partial charge is 0.444 e. The van der Waals surface area contributed by atoms with Gasteiger partial charge < -0.3 is 9.72 Å². The van der Waals surface area contributed by atoms with Gasteiger partial charge in [-0.2, -0.15) is 0 Å². The predicted octanol–water partition coefficient (Wildman–Crippen LogP) is 7.34. The highest BCUT2D eigenvalue weighted by Crippen LogP contribution is 2.41. The lowest BCUT2D eigenvalue weighted by Crippen LogP contribution is -2.36. The number of aromatic amines is 1. The van der Waals surface area contributed by atoms with Crippen molar-refractivity contribution in [3.63, 3.8) is 0 Å². The van der Waals surface area contributed by atoms with E-state index in [4.69, 9.17) is 9.72 Å². The maximum absolute atomic E-state index is 12.6. The second-order valence-corrected chi connectivity index (χ2v) is 12.1. The number of nitrogens with zero attached hydrogens (tertiary/aromatic N) is 2. The number of ether oxygens (including phenoxy) is 1. The van der Waals surface area contributed by atoms with Gasteiger partial charge in [-0.3, -0.25) is 4.90 Å². The summed E-state index contributed by atoms with van der Waals surface area (Å²) in [6.45, 7) is 6.38. The average molecular weight is 504 g/mol. The fourth-order valence-electron chi connectivity index (χ4n) is 3.88. The average Bonchev–Trinajstić information content (AvgIpc) is 3.40. The van der Waals surface area contributed by atoms with E-state index in [0.717, 1.165) is 33.5 Å². The van der Waals surface area contributed by atoms with Crippen LogP contribution in [0.2, 0.25) is 0 Å². The topological polar surface area (TPSA) is 58.2 Å². The molecule has 1 unspecified atom stereocenters. The third-order valence-electron chi connectivity index (χ3n) is 5.16. The fraction of sp³-hybridized carbons (Fsp3) is 0.364. The molecule has 3 aromatic heterocycles. The Morgan fingerprint density at radius 3 is 2.80 bits per heavy atom. The van der Waals surface area contributed by atoms with Gasteiger partial charge in [0, 0.05) is 20.8 Å². The summed E-state index contributed by atoms with van der Waals surface area (Å²) < 4.78 is 9.36. The van der Waals surface area contributed by atoms with Crippen molar-refractivity contribution in [2.45, 2.75) is 45.3 Å². The Labute approximate surface area is 191 Å². The SMILES string of the molecule is CC(C)(C)OC(=O)N1CCCC1c1nc2ccc(-c3cc4sc(Br)cc4s3)cc2[nH]1. The first kappa shape index (κ1) is 20.0. The number of aromatic nitrogens is 2. The second-order valence-electron chi connectivity index (χ2n) is 8.58. The minimum absolute atomic E-state index is 0.0693. The molecule has 156 valence electrons. The van der Waals surface area contributed by atoms with Crippen molar-refractivity contribution in [1.29, 1.82) is 0 Å². The first-order chi connectivity index (χ1) is 14.3. The lowest BCUT2D eigenvalue weighted by atomic mass is 10.1. The summed E-state index contributed by atoms with van der Waals surface area (Å²) in [5, 5.41) is 0. The summed E-state index contributed by atoms with van der Waals surface area (Å²) >= 11 is 7.11. The summed E-state index contributed by atoms with van der Waals surface area (Å²) in [5.41, 5.74) is 2.59. The van der Waals surface area contributed by atoms with Crippen molar-refractivity contribution >= 4 is 65.1 Å². The first-order valence-corrected chi connectivity index (χ1v) is 12.4. The van der Waals surface area contributed by atoms with Crippen LogP contribution in [0.25, 0.3) is 30.9 Å². The molecule has 1 amide bonds. The zero-order chi connectivity index (χ0) is 21.0. The van der Waals surface area contributed by atoms with Crippen molar-refractivity contribution in [2.24, 2.45) is 0 Å². The van der Waals surface area contributed by atoms with Gasteiger partial charge in [-0.15, -0.1) is 22.7 Å². The Balaban J connectivity index is 1.44. The number of rotatable bonds is 2. The maximum Gasteiger partial charge on any atom is 0.410 e. The zero-order valence-electron chi connectivity index (χ0n) is 17.0. The molecule has 4 heterocycles. The predicted molar refractivity (Wildman–Crippen MR) is 127 cm³/mol. The molecular weight excluding hydrogens is 482 g/mol. The molecule has 1 aliphatic heterocycles. The molecule has 0 aliphatic carbocycles. The van der Waals surface area contributed by atoms with Crippen molar-refractivity contribution in [2.75, 3.05) is 6.54 Å². The van der Waals surface area contributed by atoms with Crippen molar-refractivity contribution < 1.29 is 9.53 Å². The molecular formula is C22H22BrN3O2S2. The molecule has 0 radical (unpaired) electrons. The molecule has 8 heteroatoms. The highest BCUT2D eigenvalue weighted by Gasteiger charge is 2.34. The van der Waals surface area contributed by atoms with Crippen molar-refractivity contribution in [3.05, 3.63) is 39.9 Å². The summed E-state index contributed by atoms with van der Waals surface area (Å²) in [7, 11) is 0. The molecule has 0 spiro atoms. The van der Waals surface area contributed by atoms with E-state index < -0.39 is 5.60 Å². The summed E-state index contributed by atoms with van der Waals surface area (Å²) in [6.07, 6.45) is 1.58. The van der Waals surface area contributed by atoms with Crippen LogP contribution in [0.4, 0.5) is 4.79 Å². The molecule has 0 saturated carbocycles. The lowest BCUT2D eigenvalue weighted by molar-refractivity contribution is 0.0219. The van der Waals surface area contributed by atoms with Crippen LogP contribution in [0.5, 0.6) is 0 Å². The Morgan fingerprint density at radius 2 is 2.03 bits per heavy atom. The van der Waals surface area contributed by atoms with E-state index in [0.29, 0.717) is 6.54 Å². The van der Waals surface area contributed by atoms with Crippen LogP contribution in [0.15, 0.2) is 34.1 Å². The quantitative estimate of drug-likeness (QED) is 0.311. The Bertz CT molecular complexity index is 1220. The molecule has 1 saturated heterocycles. The lowest BCUT2D eigenvalue weighted by Gasteiger charge is -2.27. The normalized spacial score (nSPS) is 17.3. The van der Waals surface area contributed by atoms with Crippen LogP contribution in [-0.4, -0.2) is 33.1 Å². The fourth-order valence-corrected chi connectivity index (χ4v) is 6.90. The van der Waals surface area contributed by atoms with Crippen LogP contribution in [0.1, 0.15) is 45.5 Å². The third-order valence-corrected chi connectivity index (χ3v) is 8.00. The number of carbonyl (C=O) groups is 1. The van der Waals surface area contributed by atoms with E-state index in [2.05, 4.69) is 51.2 Å². The van der Waals surface area contributed by atoms with Crippen LogP contribution >= 0.6 is 38.6 Å². The highest BCUT2D eigenvalue weighted by atomic mass is 79.9. The number of imidazole rings is 1. The molecule has 5 nitrogen and oxygen atoms in total. The Kier molecular flexibility index (Phi) is 4.91. The number of thiophene rings is 2. The zero-order valence-corrected chi connectivity index (χ0v) is 20.2. The van der Waals surface area contributed by atoms with Gasteiger partial charge in [0.2, 0.25) is 0 Å². The summed E-state index contributed by atoms with van der Waals surface area (Å²) in [6, 6.07) is 10.7. The molecule has 1 N–H and O–H groups in total.